The van der Waals surface area contributed by atoms with E-state index in [1.54, 1.807) is 25.4 Å². The first-order valence-corrected chi connectivity index (χ1v) is 18.3. The molecule has 3 aromatic carbocycles. The summed E-state index contributed by atoms with van der Waals surface area (Å²) in [5.74, 6) is -2.31. The van der Waals surface area contributed by atoms with Gasteiger partial charge >= 0.3 is 5.97 Å². The minimum Gasteiger partial charge on any atom is -0.481 e. The number of rotatable bonds is 5. The Hall–Kier alpha value is -4.62. The molecule has 0 spiro atoms. The Bertz CT molecular complexity index is 2180. The van der Waals surface area contributed by atoms with E-state index in [0.29, 0.717) is 41.3 Å². The lowest BCUT2D eigenvalue weighted by Gasteiger charge is -2.32. The van der Waals surface area contributed by atoms with Crippen LogP contribution in [0, 0.1) is 17.0 Å². The van der Waals surface area contributed by atoms with Crippen molar-refractivity contribution in [3.8, 4) is 22.9 Å². The highest BCUT2D eigenvalue weighted by Gasteiger charge is 2.40. The Morgan fingerprint density at radius 1 is 1.08 bits per heavy atom. The summed E-state index contributed by atoms with van der Waals surface area (Å²) in [6.45, 7) is 3.33. The molecule has 6 rings (SSSR count). The topological polar surface area (TPSA) is 147 Å². The van der Waals surface area contributed by atoms with Crippen molar-refractivity contribution in [2.24, 2.45) is 12.5 Å². The van der Waals surface area contributed by atoms with Gasteiger partial charge in [-0.2, -0.15) is 5.10 Å². The zero-order valence-corrected chi connectivity index (χ0v) is 29.0. The molecule has 50 heavy (non-hydrogen) atoms. The predicted octanol–water partition coefficient (Wildman–Crippen LogP) is 6.50. The summed E-state index contributed by atoms with van der Waals surface area (Å²) < 4.78 is 66.0. The maximum absolute atomic E-state index is 15.7. The summed E-state index contributed by atoms with van der Waals surface area (Å²) in [6.07, 6.45) is 3.11. The molecule has 3 N–H and O–H groups in total. The molecule has 1 atom stereocenters. The van der Waals surface area contributed by atoms with Crippen LogP contribution in [-0.2, 0) is 39.9 Å². The van der Waals surface area contributed by atoms with Gasteiger partial charge in [-0.1, -0.05) is 44.5 Å². The molecule has 0 radical (unpaired) electrons. The van der Waals surface area contributed by atoms with E-state index in [4.69, 9.17) is 14.8 Å². The second-order valence-electron chi connectivity index (χ2n) is 13.9. The van der Waals surface area contributed by atoms with Crippen LogP contribution in [0.1, 0.15) is 62.0 Å². The summed E-state index contributed by atoms with van der Waals surface area (Å²) in [4.78, 5) is 19.1. The van der Waals surface area contributed by atoms with Gasteiger partial charge in [-0.15, -0.1) is 0 Å². The van der Waals surface area contributed by atoms with Gasteiger partial charge < -0.3 is 19.9 Å². The summed E-state index contributed by atoms with van der Waals surface area (Å²) >= 11 is 0. The molecule has 13 heteroatoms. The largest absolute Gasteiger partial charge is 0.481 e. The van der Waals surface area contributed by atoms with Crippen molar-refractivity contribution < 1.29 is 36.9 Å². The Kier molecular flexibility index (Phi) is 9.57. The van der Waals surface area contributed by atoms with E-state index in [0.717, 1.165) is 5.56 Å². The van der Waals surface area contributed by atoms with Crippen LogP contribution in [0.5, 0.6) is 11.5 Å². The van der Waals surface area contributed by atoms with Gasteiger partial charge in [-0.3, -0.25) is 4.79 Å². The van der Waals surface area contributed by atoms with Crippen LogP contribution >= 0.6 is 0 Å². The van der Waals surface area contributed by atoms with Gasteiger partial charge in [0.25, 0.3) is 0 Å². The molecule has 0 saturated carbocycles. The molecular formula is C37H40F2N4O6S. The van der Waals surface area contributed by atoms with Gasteiger partial charge in [-0.25, -0.2) is 26.9 Å². The van der Waals surface area contributed by atoms with E-state index in [2.05, 4.69) is 4.98 Å². The van der Waals surface area contributed by atoms with E-state index in [9.17, 15) is 23.4 Å². The molecule has 1 aliphatic heterocycles. The SMILES string of the molecule is Cn1nc2nc1-c1cc(ccc1F)Oc1c(F)cc3[nH]ccc3c1CCS(=O)(=O)CC(C)(C)CCCC2(CO)c1cccc(CCC(=O)O)c1. The van der Waals surface area contributed by atoms with Crippen molar-refractivity contribution >= 4 is 26.7 Å². The summed E-state index contributed by atoms with van der Waals surface area (Å²) in [5, 5.41) is 25.7. The first-order valence-electron chi connectivity index (χ1n) is 16.5. The van der Waals surface area contributed by atoms with Crippen molar-refractivity contribution in [1.29, 1.82) is 0 Å². The average Bonchev–Trinajstić information content (AvgIpc) is 3.68. The zero-order chi connectivity index (χ0) is 35.8. The highest BCUT2D eigenvalue weighted by atomic mass is 32.2. The number of aromatic nitrogens is 4. The van der Waals surface area contributed by atoms with E-state index in [1.165, 1.54) is 28.9 Å². The quantitative estimate of drug-likeness (QED) is 0.188. The van der Waals surface area contributed by atoms with Crippen LogP contribution in [0.15, 0.2) is 60.8 Å². The number of aryl methyl sites for hydroxylation is 3. The Balaban J connectivity index is 1.52. The number of aromatic amines is 1. The molecule has 4 bridgehead atoms. The number of aliphatic hydroxyl groups is 1. The van der Waals surface area contributed by atoms with Crippen LogP contribution in [0.3, 0.4) is 0 Å². The molecular weight excluding hydrogens is 666 g/mol. The summed E-state index contributed by atoms with van der Waals surface area (Å²) in [7, 11) is -2.03. The number of aliphatic hydroxyl groups excluding tert-OH is 1. The second-order valence-corrected chi connectivity index (χ2v) is 16.1. The first kappa shape index (κ1) is 35.2. The standard InChI is InChI=1S/C37H40F2N4O6S/c1-36(2)14-5-15-37(21-44,24-7-4-6-23(18-24)8-11-32(45)46)35-41-34(43(3)42-35)28-19-25(9-10-29(28)38)49-33-27(13-17-50(47,48)22-36)26-12-16-40-31(26)20-30(33)39/h4,6-7,9-10,12,16,18-20,40,44H,5,8,11,13-15,17,21-22H2,1-3H3,(H,45,46). The highest BCUT2D eigenvalue weighted by molar-refractivity contribution is 7.91. The normalized spacial score (nSPS) is 19.2. The Morgan fingerprint density at radius 3 is 2.64 bits per heavy atom. The van der Waals surface area contributed by atoms with Crippen LogP contribution in [0.4, 0.5) is 8.78 Å². The number of sulfone groups is 1. The van der Waals surface area contributed by atoms with Crippen LogP contribution in [-0.4, -0.2) is 62.5 Å². The monoisotopic (exact) mass is 706 g/mol. The van der Waals surface area contributed by atoms with Crippen molar-refractivity contribution in [3.63, 3.8) is 0 Å². The number of carboxylic acid groups (broad SMARTS) is 1. The zero-order valence-electron chi connectivity index (χ0n) is 28.2. The van der Waals surface area contributed by atoms with Crippen LogP contribution < -0.4 is 4.74 Å². The molecule has 0 fully saturated rings. The maximum Gasteiger partial charge on any atom is 0.303 e. The number of aliphatic carboxylic acids is 1. The number of carboxylic acids is 1. The molecule has 1 aliphatic rings. The number of carbonyl (C=O) groups is 1. The maximum atomic E-state index is 15.7. The molecule has 0 amide bonds. The average molecular weight is 707 g/mol. The number of ether oxygens (including phenoxy) is 1. The fraction of sp³-hybridized carbons (Fsp3) is 0.378. The van der Waals surface area contributed by atoms with E-state index in [1.807, 2.05) is 32.0 Å². The van der Waals surface area contributed by atoms with Crippen LogP contribution in [0.25, 0.3) is 22.3 Å². The van der Waals surface area contributed by atoms with Gasteiger partial charge in [0.1, 0.15) is 11.6 Å². The van der Waals surface area contributed by atoms with Gasteiger partial charge in [0, 0.05) is 42.2 Å². The third kappa shape index (κ3) is 7.15. The molecule has 3 heterocycles. The van der Waals surface area contributed by atoms with E-state index < -0.39 is 44.9 Å². The fourth-order valence-corrected chi connectivity index (χ4v) is 9.02. The number of hydrogen-bond acceptors (Lipinski definition) is 7. The minimum absolute atomic E-state index is 0.00754. The second kappa shape index (κ2) is 13.6. The van der Waals surface area contributed by atoms with E-state index >= 15 is 8.78 Å². The Labute approximate surface area is 289 Å². The summed E-state index contributed by atoms with van der Waals surface area (Å²) in [5.41, 5.74) is 0.457. The van der Waals surface area contributed by atoms with Crippen molar-refractivity contribution in [2.75, 3.05) is 18.1 Å². The predicted molar refractivity (Wildman–Crippen MR) is 185 cm³/mol. The molecule has 5 aromatic rings. The van der Waals surface area contributed by atoms with Crippen molar-refractivity contribution in [2.45, 2.75) is 57.8 Å². The number of benzene rings is 3. The number of hydrogen-bond donors (Lipinski definition) is 3. The van der Waals surface area contributed by atoms with Crippen molar-refractivity contribution in [3.05, 3.63) is 94.9 Å². The molecule has 2 aromatic heterocycles. The fourth-order valence-electron chi connectivity index (χ4n) is 7.03. The van der Waals surface area contributed by atoms with Gasteiger partial charge in [0.15, 0.2) is 33.1 Å². The van der Waals surface area contributed by atoms with Crippen molar-refractivity contribution in [1.82, 2.24) is 19.7 Å². The number of nitrogens with one attached hydrogen (secondary N) is 1. The van der Waals surface area contributed by atoms with E-state index in [-0.39, 0.29) is 59.5 Å². The lowest BCUT2D eigenvalue weighted by atomic mass is 9.74. The lowest BCUT2D eigenvalue weighted by Crippen LogP contribution is -2.35. The molecule has 264 valence electrons. The minimum atomic E-state index is -3.64. The van der Waals surface area contributed by atoms with Gasteiger partial charge in [0.2, 0.25) is 0 Å². The molecule has 10 nitrogen and oxygen atoms in total. The number of nitrogens with zero attached hydrogens (tertiary/aromatic N) is 3. The molecule has 0 aliphatic carbocycles. The van der Waals surface area contributed by atoms with Gasteiger partial charge in [-0.05, 0) is 66.5 Å². The first-order chi connectivity index (χ1) is 23.7. The number of fused-ring (bicyclic) bond motifs is 8. The third-order valence-electron chi connectivity index (χ3n) is 9.56. The number of H-pyrrole nitrogens is 1. The lowest BCUT2D eigenvalue weighted by molar-refractivity contribution is -0.136. The highest BCUT2D eigenvalue weighted by Crippen LogP contribution is 2.41. The third-order valence-corrected chi connectivity index (χ3v) is 11.6. The smallest absolute Gasteiger partial charge is 0.303 e. The molecule has 1 unspecified atom stereocenters. The van der Waals surface area contributed by atoms with Gasteiger partial charge in [0.05, 0.1) is 29.1 Å². The molecule has 0 saturated heterocycles. The number of halogens is 2. The Morgan fingerprint density at radius 2 is 1.88 bits per heavy atom. The van der Waals surface area contributed by atoms with Crippen LogP contribution in [0.2, 0.25) is 0 Å². The summed E-state index contributed by atoms with van der Waals surface area (Å²) in [6, 6.07) is 14.2.